The predicted octanol–water partition coefficient (Wildman–Crippen LogP) is 17.5. The average molecular weight is 845 g/mol. The zero-order valence-corrected chi connectivity index (χ0v) is 36.7. The molecule has 0 radical (unpaired) electrons. The molecule has 0 aliphatic heterocycles. The summed E-state index contributed by atoms with van der Waals surface area (Å²) >= 11 is 0. The van der Waals surface area contributed by atoms with Crippen molar-refractivity contribution in [3.8, 4) is 50.2 Å². The molecule has 0 spiro atoms. The number of anilines is 3. The van der Waals surface area contributed by atoms with Gasteiger partial charge >= 0.3 is 0 Å². The molecule has 1 aliphatic carbocycles. The van der Waals surface area contributed by atoms with E-state index in [-0.39, 0.29) is 5.41 Å². The Bertz CT molecular complexity index is 3740. The Labute approximate surface area is 384 Å². The first-order chi connectivity index (χ1) is 32.5. The van der Waals surface area contributed by atoms with Crippen LogP contribution in [0.4, 0.5) is 17.1 Å². The SMILES string of the molecule is CC1(C)c2cc(N(c3ccc(-c4ccccc4)cc3)c3ccc(-c4ccccc4)cc3)ccc2-c2ccc(-n3c4ccccc4c4cc(-c5cccc6c5oc5ccccc56)ccc43)cc21. The van der Waals surface area contributed by atoms with E-state index in [9.17, 15) is 0 Å². The summed E-state index contributed by atoms with van der Waals surface area (Å²) in [7, 11) is 0. The van der Waals surface area contributed by atoms with E-state index in [1.165, 1.54) is 66.3 Å². The lowest BCUT2D eigenvalue weighted by molar-refractivity contribution is 0.660. The molecule has 1 aliphatic rings. The molecule has 10 aromatic carbocycles. The van der Waals surface area contributed by atoms with Crippen LogP contribution in [0.3, 0.4) is 0 Å². The highest BCUT2D eigenvalue weighted by Crippen LogP contribution is 2.52. The number of fused-ring (bicyclic) bond motifs is 9. The quantitative estimate of drug-likeness (QED) is 0.159. The van der Waals surface area contributed by atoms with E-state index < -0.39 is 0 Å². The van der Waals surface area contributed by atoms with Crippen molar-refractivity contribution in [2.24, 2.45) is 0 Å². The summed E-state index contributed by atoms with van der Waals surface area (Å²) in [4.78, 5) is 2.40. The molecule has 0 N–H and O–H groups in total. The molecule has 0 amide bonds. The molecule has 0 fully saturated rings. The summed E-state index contributed by atoms with van der Waals surface area (Å²) in [6.45, 7) is 4.77. The Balaban J connectivity index is 0.900. The van der Waals surface area contributed by atoms with Gasteiger partial charge in [0.1, 0.15) is 11.2 Å². The largest absolute Gasteiger partial charge is 0.455 e. The molecule has 12 aromatic rings. The van der Waals surface area contributed by atoms with Crippen LogP contribution in [0.25, 0.3) is 93.9 Å². The van der Waals surface area contributed by atoms with Gasteiger partial charge in [0.2, 0.25) is 0 Å². The average Bonchev–Trinajstić information content (AvgIpc) is 4.00. The van der Waals surface area contributed by atoms with Crippen molar-refractivity contribution in [3.63, 3.8) is 0 Å². The molecular weight excluding hydrogens is 801 g/mol. The van der Waals surface area contributed by atoms with E-state index in [0.717, 1.165) is 55.8 Å². The molecule has 0 unspecified atom stereocenters. The fraction of sp³-hybridized carbons (Fsp3) is 0.0476. The van der Waals surface area contributed by atoms with Crippen LogP contribution in [0.1, 0.15) is 25.0 Å². The molecule has 312 valence electrons. The molecule has 2 heterocycles. The Kier molecular flexibility index (Phi) is 8.56. The number of benzene rings is 10. The van der Waals surface area contributed by atoms with Crippen molar-refractivity contribution in [3.05, 3.63) is 242 Å². The topological polar surface area (TPSA) is 21.3 Å². The van der Waals surface area contributed by atoms with Crippen LogP contribution in [0, 0.1) is 0 Å². The fourth-order valence-corrected chi connectivity index (χ4v) is 10.7. The fourth-order valence-electron chi connectivity index (χ4n) is 10.7. The maximum atomic E-state index is 6.50. The zero-order chi connectivity index (χ0) is 43.9. The second kappa shape index (κ2) is 14.8. The minimum Gasteiger partial charge on any atom is -0.455 e. The van der Waals surface area contributed by atoms with Crippen LogP contribution in [0.2, 0.25) is 0 Å². The second-order valence-corrected chi connectivity index (χ2v) is 18.1. The van der Waals surface area contributed by atoms with Crippen LogP contribution in [-0.2, 0) is 5.41 Å². The van der Waals surface area contributed by atoms with Gasteiger partial charge in [0, 0.05) is 55.3 Å². The second-order valence-electron chi connectivity index (χ2n) is 18.1. The standard InChI is InChI=1S/C63H44N2O/c1-63(2)57-39-48(64(46-29-24-43(25-30-46)41-14-5-3-6-15-41)47-31-26-44(27-32-47)42-16-7-4-8-17-42)33-35-51(57)52-36-34-49(40-58(52)63)65-59-22-11-9-18-53(59)56-38-45(28-37-60(56)65)50-20-13-21-55-54-19-10-12-23-61(54)66-62(50)55/h3-40H,1-2H3. The minimum atomic E-state index is -0.256. The van der Waals surface area contributed by atoms with E-state index in [2.05, 4.69) is 248 Å². The molecule has 0 bridgehead atoms. The first-order valence-corrected chi connectivity index (χ1v) is 22.8. The highest BCUT2D eigenvalue weighted by atomic mass is 16.3. The summed E-state index contributed by atoms with van der Waals surface area (Å²) in [5.41, 5.74) is 20.8. The Hall–Kier alpha value is -8.40. The molecule has 2 aromatic heterocycles. The highest BCUT2D eigenvalue weighted by Gasteiger charge is 2.36. The van der Waals surface area contributed by atoms with Crippen LogP contribution >= 0.6 is 0 Å². The zero-order valence-electron chi connectivity index (χ0n) is 36.7. The highest BCUT2D eigenvalue weighted by molar-refractivity contribution is 6.13. The Morgan fingerprint density at radius 3 is 1.59 bits per heavy atom. The third kappa shape index (κ3) is 5.97. The van der Waals surface area contributed by atoms with Gasteiger partial charge < -0.3 is 13.9 Å². The number of para-hydroxylation sites is 3. The van der Waals surface area contributed by atoms with Crippen molar-refractivity contribution in [2.45, 2.75) is 19.3 Å². The third-order valence-corrected chi connectivity index (χ3v) is 14.0. The molecule has 3 nitrogen and oxygen atoms in total. The summed E-state index contributed by atoms with van der Waals surface area (Å²) < 4.78 is 8.94. The van der Waals surface area contributed by atoms with E-state index >= 15 is 0 Å². The Morgan fingerprint density at radius 1 is 0.364 bits per heavy atom. The van der Waals surface area contributed by atoms with Crippen LogP contribution in [0.5, 0.6) is 0 Å². The first-order valence-electron chi connectivity index (χ1n) is 22.8. The van der Waals surface area contributed by atoms with E-state index in [1.807, 2.05) is 6.07 Å². The lowest BCUT2D eigenvalue weighted by Gasteiger charge is -2.28. The number of furan rings is 1. The van der Waals surface area contributed by atoms with Gasteiger partial charge in [-0.15, -0.1) is 0 Å². The van der Waals surface area contributed by atoms with Crippen LogP contribution in [0.15, 0.2) is 235 Å². The van der Waals surface area contributed by atoms with Gasteiger partial charge in [-0.2, -0.15) is 0 Å². The molecule has 3 heteroatoms. The monoisotopic (exact) mass is 844 g/mol. The summed E-state index contributed by atoms with van der Waals surface area (Å²) in [6.07, 6.45) is 0. The van der Waals surface area contributed by atoms with Crippen molar-refractivity contribution >= 4 is 60.8 Å². The van der Waals surface area contributed by atoms with Crippen LogP contribution in [-0.4, -0.2) is 4.57 Å². The number of rotatable bonds is 7. The third-order valence-electron chi connectivity index (χ3n) is 14.0. The van der Waals surface area contributed by atoms with E-state index in [0.29, 0.717) is 0 Å². The van der Waals surface area contributed by atoms with Crippen molar-refractivity contribution in [1.29, 1.82) is 0 Å². The first kappa shape index (κ1) is 38.1. The van der Waals surface area contributed by atoms with Crippen LogP contribution < -0.4 is 4.90 Å². The molecule has 0 saturated carbocycles. The van der Waals surface area contributed by atoms with Gasteiger partial charge in [0.25, 0.3) is 0 Å². The van der Waals surface area contributed by atoms with E-state index in [4.69, 9.17) is 4.42 Å². The predicted molar refractivity (Wildman–Crippen MR) is 277 cm³/mol. The number of nitrogens with zero attached hydrogens (tertiary/aromatic N) is 2. The van der Waals surface area contributed by atoms with Gasteiger partial charge in [-0.05, 0) is 123 Å². The molecule has 0 saturated heterocycles. The van der Waals surface area contributed by atoms with Crippen molar-refractivity contribution in [1.82, 2.24) is 4.57 Å². The molecule has 0 atom stereocenters. The number of hydrogen-bond acceptors (Lipinski definition) is 2. The number of hydrogen-bond donors (Lipinski definition) is 0. The van der Waals surface area contributed by atoms with Crippen molar-refractivity contribution in [2.75, 3.05) is 4.90 Å². The lowest BCUT2D eigenvalue weighted by Crippen LogP contribution is -2.17. The Morgan fingerprint density at radius 2 is 0.894 bits per heavy atom. The van der Waals surface area contributed by atoms with Gasteiger partial charge in [0.15, 0.2) is 0 Å². The normalized spacial score (nSPS) is 12.8. The summed E-state index contributed by atoms with van der Waals surface area (Å²) in [5.74, 6) is 0. The van der Waals surface area contributed by atoms with Gasteiger partial charge in [0.05, 0.1) is 11.0 Å². The minimum absolute atomic E-state index is 0.256. The summed E-state index contributed by atoms with van der Waals surface area (Å²) in [5, 5.41) is 4.73. The lowest BCUT2D eigenvalue weighted by atomic mass is 9.82. The van der Waals surface area contributed by atoms with Crippen molar-refractivity contribution < 1.29 is 4.42 Å². The molecule has 66 heavy (non-hydrogen) atoms. The van der Waals surface area contributed by atoms with E-state index in [1.54, 1.807) is 0 Å². The maximum absolute atomic E-state index is 6.50. The maximum Gasteiger partial charge on any atom is 0.143 e. The molecule has 13 rings (SSSR count). The van der Waals surface area contributed by atoms with Gasteiger partial charge in [-0.3, -0.25) is 0 Å². The number of aromatic nitrogens is 1. The van der Waals surface area contributed by atoms with Gasteiger partial charge in [-0.25, -0.2) is 0 Å². The summed E-state index contributed by atoms with van der Waals surface area (Å²) in [6, 6.07) is 83.8. The molecular formula is C63H44N2O. The van der Waals surface area contributed by atoms with Gasteiger partial charge in [-0.1, -0.05) is 172 Å². The smallest absolute Gasteiger partial charge is 0.143 e.